The molecule has 2 rings (SSSR count). The molecule has 4 nitrogen and oxygen atoms in total. The number of methoxy groups -OCH3 is 2. The van der Waals surface area contributed by atoms with Crippen LogP contribution in [0.15, 0.2) is 30.3 Å². The second kappa shape index (κ2) is 7.60. The van der Waals surface area contributed by atoms with Gasteiger partial charge in [0.2, 0.25) is 0 Å². The van der Waals surface area contributed by atoms with Gasteiger partial charge in [0.15, 0.2) is 5.78 Å². The fourth-order valence-electron chi connectivity index (χ4n) is 2.80. The van der Waals surface area contributed by atoms with E-state index in [1.54, 1.807) is 44.6 Å². The quantitative estimate of drug-likeness (QED) is 0.760. The molecule has 0 fully saturated rings. The van der Waals surface area contributed by atoms with Crippen LogP contribution in [-0.4, -0.2) is 25.1 Å². The first kappa shape index (κ1) is 18.8. The Morgan fingerprint density at radius 3 is 1.56 bits per heavy atom. The Bertz CT molecular complexity index is 724. The lowest BCUT2D eigenvalue weighted by molar-refractivity contribution is 0.103. The molecule has 4 heteroatoms. The predicted molar refractivity (Wildman–Crippen MR) is 99.3 cm³/mol. The molecular weight excluding hydrogens is 316 g/mol. The fraction of sp³-hybridized carbons (Fsp3) is 0.381. The van der Waals surface area contributed by atoms with Crippen LogP contribution in [0.4, 0.5) is 0 Å². The van der Waals surface area contributed by atoms with Crippen LogP contribution in [0, 0.1) is 0 Å². The van der Waals surface area contributed by atoms with E-state index in [2.05, 4.69) is 0 Å². The van der Waals surface area contributed by atoms with E-state index in [1.807, 2.05) is 27.7 Å². The third-order valence-electron chi connectivity index (χ3n) is 4.29. The maximum Gasteiger partial charge on any atom is 0.193 e. The summed E-state index contributed by atoms with van der Waals surface area (Å²) in [5.41, 5.74) is 2.61. The SMILES string of the molecule is COc1cc(OC)cc(C(=O)c2cc(C(C)C)c(O)c(C(C)C)c2)c1. The highest BCUT2D eigenvalue weighted by molar-refractivity contribution is 6.09. The highest BCUT2D eigenvalue weighted by Gasteiger charge is 2.20. The van der Waals surface area contributed by atoms with Crippen molar-refractivity contribution in [2.75, 3.05) is 14.2 Å². The Hall–Kier alpha value is -2.49. The third-order valence-corrected chi connectivity index (χ3v) is 4.29. The second-order valence-electron chi connectivity index (χ2n) is 6.74. The summed E-state index contributed by atoms with van der Waals surface area (Å²) in [5, 5.41) is 10.5. The van der Waals surface area contributed by atoms with Gasteiger partial charge in [-0.1, -0.05) is 27.7 Å². The molecular formula is C21H26O4. The van der Waals surface area contributed by atoms with Crippen molar-refractivity contribution in [3.05, 3.63) is 52.6 Å². The van der Waals surface area contributed by atoms with E-state index in [0.29, 0.717) is 22.6 Å². The molecule has 0 saturated carbocycles. The number of ketones is 1. The van der Waals surface area contributed by atoms with Crippen molar-refractivity contribution < 1.29 is 19.4 Å². The van der Waals surface area contributed by atoms with Crippen molar-refractivity contribution in [3.63, 3.8) is 0 Å². The highest BCUT2D eigenvalue weighted by atomic mass is 16.5. The molecule has 0 aliphatic heterocycles. The largest absolute Gasteiger partial charge is 0.507 e. The normalized spacial score (nSPS) is 11.0. The number of hydrogen-bond donors (Lipinski definition) is 1. The van der Waals surface area contributed by atoms with Gasteiger partial charge >= 0.3 is 0 Å². The Labute approximate surface area is 149 Å². The average molecular weight is 342 g/mol. The van der Waals surface area contributed by atoms with E-state index >= 15 is 0 Å². The molecule has 134 valence electrons. The molecule has 0 atom stereocenters. The third kappa shape index (κ3) is 3.95. The standard InChI is InChI=1S/C21H26O4/c1-12(2)18-9-15(10-19(13(3)4)21(18)23)20(22)14-7-16(24-5)11-17(8-14)25-6/h7-13,23H,1-6H3. The predicted octanol–water partition coefficient (Wildman–Crippen LogP) is 4.89. The summed E-state index contributed by atoms with van der Waals surface area (Å²) < 4.78 is 10.5. The van der Waals surface area contributed by atoms with E-state index < -0.39 is 0 Å². The summed E-state index contributed by atoms with van der Waals surface area (Å²) in [6.07, 6.45) is 0. The zero-order valence-corrected chi connectivity index (χ0v) is 15.7. The Balaban J connectivity index is 2.59. The van der Waals surface area contributed by atoms with Gasteiger partial charge in [-0.15, -0.1) is 0 Å². The monoisotopic (exact) mass is 342 g/mol. The molecule has 0 aliphatic carbocycles. The topological polar surface area (TPSA) is 55.8 Å². The second-order valence-corrected chi connectivity index (χ2v) is 6.74. The Morgan fingerprint density at radius 1 is 0.800 bits per heavy atom. The molecule has 0 unspecified atom stereocenters. The van der Waals surface area contributed by atoms with E-state index in [4.69, 9.17) is 9.47 Å². The van der Waals surface area contributed by atoms with Crippen LogP contribution in [0.5, 0.6) is 17.2 Å². The number of aromatic hydroxyl groups is 1. The molecule has 0 heterocycles. The van der Waals surface area contributed by atoms with Crippen molar-refractivity contribution in [2.45, 2.75) is 39.5 Å². The van der Waals surface area contributed by atoms with Gasteiger partial charge in [-0.05, 0) is 47.2 Å². The van der Waals surface area contributed by atoms with Gasteiger partial charge in [-0.25, -0.2) is 0 Å². The van der Waals surface area contributed by atoms with Crippen LogP contribution < -0.4 is 9.47 Å². The highest BCUT2D eigenvalue weighted by Crippen LogP contribution is 2.35. The molecule has 0 spiro atoms. The van der Waals surface area contributed by atoms with E-state index in [9.17, 15) is 9.90 Å². The zero-order valence-electron chi connectivity index (χ0n) is 15.7. The minimum atomic E-state index is -0.124. The summed E-state index contributed by atoms with van der Waals surface area (Å²) >= 11 is 0. The summed E-state index contributed by atoms with van der Waals surface area (Å²) in [4.78, 5) is 13.1. The van der Waals surface area contributed by atoms with Crippen molar-refractivity contribution in [1.29, 1.82) is 0 Å². The van der Waals surface area contributed by atoms with Gasteiger partial charge in [0, 0.05) is 17.2 Å². The summed E-state index contributed by atoms with van der Waals surface area (Å²) in [6.45, 7) is 8.01. The molecule has 1 N–H and O–H groups in total. The van der Waals surface area contributed by atoms with Gasteiger partial charge in [-0.2, -0.15) is 0 Å². The molecule has 25 heavy (non-hydrogen) atoms. The maximum atomic E-state index is 13.1. The number of hydrogen-bond acceptors (Lipinski definition) is 4. The molecule has 2 aromatic carbocycles. The molecule has 0 saturated heterocycles. The number of phenolic OH excluding ortho intramolecular Hbond substituents is 1. The van der Waals surface area contributed by atoms with Crippen molar-refractivity contribution >= 4 is 5.78 Å². The minimum absolute atomic E-state index is 0.116. The van der Waals surface area contributed by atoms with Crippen LogP contribution in [0.2, 0.25) is 0 Å². The number of ether oxygens (including phenoxy) is 2. The summed E-state index contributed by atoms with van der Waals surface area (Å²) in [6, 6.07) is 8.68. The zero-order chi connectivity index (χ0) is 18.7. The Morgan fingerprint density at radius 2 is 1.20 bits per heavy atom. The number of rotatable bonds is 6. The molecule has 0 aliphatic rings. The van der Waals surface area contributed by atoms with Crippen molar-refractivity contribution in [3.8, 4) is 17.2 Å². The molecule has 0 bridgehead atoms. The smallest absolute Gasteiger partial charge is 0.193 e. The minimum Gasteiger partial charge on any atom is -0.507 e. The lowest BCUT2D eigenvalue weighted by Gasteiger charge is -2.17. The lowest BCUT2D eigenvalue weighted by Crippen LogP contribution is -2.06. The van der Waals surface area contributed by atoms with Gasteiger partial charge in [-0.3, -0.25) is 4.79 Å². The summed E-state index contributed by atoms with van der Waals surface area (Å²) in [7, 11) is 3.11. The Kier molecular flexibility index (Phi) is 5.73. The molecule has 0 amide bonds. The average Bonchev–Trinajstić information content (AvgIpc) is 2.60. The van der Waals surface area contributed by atoms with Crippen molar-refractivity contribution in [2.24, 2.45) is 0 Å². The van der Waals surface area contributed by atoms with Crippen LogP contribution in [0.3, 0.4) is 0 Å². The van der Waals surface area contributed by atoms with Gasteiger partial charge in [0.05, 0.1) is 14.2 Å². The van der Waals surface area contributed by atoms with Crippen LogP contribution >= 0.6 is 0 Å². The summed E-state index contributed by atoms with van der Waals surface area (Å²) in [5.74, 6) is 1.52. The molecule has 0 aromatic heterocycles. The fourth-order valence-corrected chi connectivity index (χ4v) is 2.80. The molecule has 0 radical (unpaired) electrons. The number of carbonyl (C=O) groups is 1. The van der Waals surface area contributed by atoms with Gasteiger partial charge < -0.3 is 14.6 Å². The van der Waals surface area contributed by atoms with E-state index in [0.717, 1.165) is 11.1 Å². The first-order valence-corrected chi connectivity index (χ1v) is 8.43. The molecule has 2 aromatic rings. The number of phenols is 1. The number of benzene rings is 2. The first-order chi connectivity index (χ1) is 11.8. The van der Waals surface area contributed by atoms with Crippen molar-refractivity contribution in [1.82, 2.24) is 0 Å². The van der Waals surface area contributed by atoms with Gasteiger partial charge in [0.1, 0.15) is 17.2 Å². The maximum absolute atomic E-state index is 13.1. The van der Waals surface area contributed by atoms with Crippen LogP contribution in [0.1, 0.15) is 66.6 Å². The van der Waals surface area contributed by atoms with Crippen LogP contribution in [0.25, 0.3) is 0 Å². The lowest BCUT2D eigenvalue weighted by atomic mass is 9.89. The number of carbonyl (C=O) groups excluding carboxylic acids is 1. The first-order valence-electron chi connectivity index (χ1n) is 8.43. The van der Waals surface area contributed by atoms with Gasteiger partial charge in [0.25, 0.3) is 0 Å². The van der Waals surface area contributed by atoms with E-state index in [-0.39, 0.29) is 23.4 Å². The van der Waals surface area contributed by atoms with Crippen LogP contribution in [-0.2, 0) is 0 Å². The van der Waals surface area contributed by atoms with E-state index in [1.165, 1.54) is 0 Å².